The first-order valence-electron chi connectivity index (χ1n) is 4.47. The molecule has 0 atom stereocenters. The molecule has 1 aliphatic rings. The van der Waals surface area contributed by atoms with Crippen LogP contribution < -0.4 is 0 Å². The molecule has 0 bridgehead atoms. The van der Waals surface area contributed by atoms with Crippen molar-refractivity contribution in [2.24, 2.45) is 0 Å². The van der Waals surface area contributed by atoms with Gasteiger partial charge in [-0.2, -0.15) is 18.2 Å². The van der Waals surface area contributed by atoms with Gasteiger partial charge < -0.3 is 5.11 Å². The summed E-state index contributed by atoms with van der Waals surface area (Å²) in [5.41, 5.74) is 0.492. The number of hydrogen-bond donors (Lipinski definition) is 1. The summed E-state index contributed by atoms with van der Waals surface area (Å²) in [6.45, 7) is 0. The number of carbonyl (C=O) groups excluding carboxylic acids is 1. The fraction of sp³-hybridized carbons (Fsp3) is 0. The molecule has 92 valence electrons. The van der Waals surface area contributed by atoms with Gasteiger partial charge in [0.25, 0.3) is 5.24 Å². The van der Waals surface area contributed by atoms with E-state index in [4.69, 9.17) is 28.3 Å². The largest absolute Gasteiger partial charge is 0.498 e. The molecule has 0 aromatic heterocycles. The Labute approximate surface area is 120 Å². The minimum absolute atomic E-state index is 0. The van der Waals surface area contributed by atoms with Crippen LogP contribution in [0.3, 0.4) is 0 Å². The number of rotatable bonds is 1. The Morgan fingerprint density at radius 2 is 1.82 bits per heavy atom. The minimum atomic E-state index is -0.628. The molecule has 0 radical (unpaired) electrons. The molecule has 0 saturated carbocycles. The summed E-state index contributed by atoms with van der Waals surface area (Å²) in [6.07, 6.45) is 4.59. The van der Waals surface area contributed by atoms with Crippen molar-refractivity contribution in [2.45, 2.75) is 0 Å². The summed E-state index contributed by atoms with van der Waals surface area (Å²) in [6, 6.07) is 10.0. The average Bonchev–Trinajstić information content (AvgIpc) is 2.92. The Bertz CT molecular complexity index is 424. The van der Waals surface area contributed by atoms with Crippen LogP contribution in [0.25, 0.3) is 0 Å². The van der Waals surface area contributed by atoms with Crippen LogP contribution in [0.15, 0.2) is 64.9 Å². The summed E-state index contributed by atoms with van der Waals surface area (Å²) in [5.74, 6) is 0. The van der Waals surface area contributed by atoms with Gasteiger partial charge in [-0.25, -0.2) is 12.1 Å². The first-order chi connectivity index (χ1) is 7.63. The van der Waals surface area contributed by atoms with Crippen LogP contribution in [-0.2, 0) is 21.9 Å². The van der Waals surface area contributed by atoms with E-state index in [1.807, 2.05) is 30.3 Å². The van der Waals surface area contributed by atoms with Crippen molar-refractivity contribution >= 4 is 28.4 Å². The van der Waals surface area contributed by atoms with Crippen LogP contribution in [0.1, 0.15) is 0 Å². The van der Waals surface area contributed by atoms with Gasteiger partial charge in [0, 0.05) is 28.2 Å². The fourth-order valence-corrected chi connectivity index (χ4v) is 1.42. The Balaban J connectivity index is 0.000000360. The Morgan fingerprint density at radius 1 is 1.24 bits per heavy atom. The maximum absolute atomic E-state index is 10.6. The van der Waals surface area contributed by atoms with Crippen molar-refractivity contribution in [3.63, 3.8) is 0 Å². The normalized spacial score (nSPS) is 15.3. The van der Waals surface area contributed by atoms with E-state index in [1.165, 1.54) is 12.2 Å². The standard InChI is InChI=1S/C7H4Cl2O2.C5H5.Fe/c8-6(10)4-2-1-3-5(4)7(9)11;1-2-4-5-3-1;/h1-3,10H;1-5H;/q;-1;/b6-4+;;. The van der Waals surface area contributed by atoms with E-state index in [0.717, 1.165) is 0 Å². The molecule has 1 aliphatic carbocycles. The quantitative estimate of drug-likeness (QED) is 0.372. The molecule has 2 nitrogen and oxygen atoms in total. The van der Waals surface area contributed by atoms with Gasteiger partial charge in [-0.1, -0.05) is 6.08 Å². The molecule has 0 unspecified atom stereocenters. The first kappa shape index (κ1) is 16.1. The van der Waals surface area contributed by atoms with Crippen molar-refractivity contribution < 1.29 is 27.0 Å². The summed E-state index contributed by atoms with van der Waals surface area (Å²) in [7, 11) is 0. The summed E-state index contributed by atoms with van der Waals surface area (Å²) < 4.78 is 0. The third-order valence-electron chi connectivity index (χ3n) is 1.81. The van der Waals surface area contributed by atoms with Crippen LogP contribution in [-0.4, -0.2) is 10.3 Å². The second-order valence-electron chi connectivity index (χ2n) is 2.88. The molecular weight excluding hydrogens is 303 g/mol. The number of allylic oxidation sites excluding steroid dienone is 5. The Morgan fingerprint density at radius 3 is 2.12 bits per heavy atom. The maximum Gasteiger partial charge on any atom is 0.253 e. The van der Waals surface area contributed by atoms with E-state index in [0.29, 0.717) is 0 Å². The topological polar surface area (TPSA) is 37.3 Å². The third kappa shape index (κ3) is 5.33. The van der Waals surface area contributed by atoms with Crippen LogP contribution in [0.2, 0.25) is 0 Å². The minimum Gasteiger partial charge on any atom is -0.498 e. The smallest absolute Gasteiger partial charge is 0.253 e. The van der Waals surface area contributed by atoms with Crippen LogP contribution in [0.5, 0.6) is 0 Å². The third-order valence-corrected chi connectivity index (χ3v) is 2.21. The molecule has 1 aromatic carbocycles. The van der Waals surface area contributed by atoms with Gasteiger partial charge in [0.05, 0.1) is 0 Å². The molecule has 0 spiro atoms. The number of halogens is 2. The van der Waals surface area contributed by atoms with Gasteiger partial charge in [-0.3, -0.25) is 4.79 Å². The van der Waals surface area contributed by atoms with E-state index in [2.05, 4.69) is 0 Å². The van der Waals surface area contributed by atoms with Crippen LogP contribution >= 0.6 is 23.2 Å². The molecule has 0 fully saturated rings. The monoisotopic (exact) mass is 311 g/mol. The van der Waals surface area contributed by atoms with Gasteiger partial charge in [-0.15, -0.1) is 0 Å². The summed E-state index contributed by atoms with van der Waals surface area (Å²) >= 11 is 10.4. The van der Waals surface area contributed by atoms with E-state index in [9.17, 15) is 4.79 Å². The Kier molecular flexibility index (Phi) is 7.84. The maximum atomic E-state index is 10.6. The number of aliphatic hydroxyl groups is 1. The van der Waals surface area contributed by atoms with Gasteiger partial charge in [0.15, 0.2) is 5.22 Å². The van der Waals surface area contributed by atoms with Gasteiger partial charge in [0.2, 0.25) is 0 Å². The SMILES string of the molecule is O=C(Cl)C1=CC=C/C1=C(\O)Cl.[Fe].c1cc[cH-]c1. The zero-order valence-electron chi connectivity index (χ0n) is 8.58. The Hall–Kier alpha value is -0.861. The molecule has 2 rings (SSSR count). The second kappa shape index (κ2) is 8.26. The van der Waals surface area contributed by atoms with E-state index in [-0.39, 0.29) is 28.2 Å². The molecular formula is C12H9Cl2FeO2-. The molecule has 17 heavy (non-hydrogen) atoms. The molecule has 5 heteroatoms. The van der Waals surface area contributed by atoms with Crippen molar-refractivity contribution in [3.8, 4) is 0 Å². The molecule has 0 heterocycles. The van der Waals surface area contributed by atoms with Gasteiger partial charge in [-0.05, 0) is 35.4 Å². The zero-order chi connectivity index (χ0) is 12.0. The van der Waals surface area contributed by atoms with Crippen molar-refractivity contribution in [1.82, 2.24) is 0 Å². The number of hydrogen-bond acceptors (Lipinski definition) is 2. The van der Waals surface area contributed by atoms with Crippen LogP contribution in [0, 0.1) is 0 Å². The summed E-state index contributed by atoms with van der Waals surface area (Å²) in [4.78, 5) is 10.6. The van der Waals surface area contributed by atoms with E-state index in [1.54, 1.807) is 6.08 Å². The predicted molar refractivity (Wildman–Crippen MR) is 65.6 cm³/mol. The molecule has 1 N–H and O–H groups in total. The van der Waals surface area contributed by atoms with Crippen LogP contribution in [0.4, 0.5) is 0 Å². The fourth-order valence-electron chi connectivity index (χ4n) is 1.09. The van der Waals surface area contributed by atoms with Crippen molar-refractivity contribution in [1.29, 1.82) is 0 Å². The molecule has 0 amide bonds. The van der Waals surface area contributed by atoms with Gasteiger partial charge in [0.1, 0.15) is 0 Å². The predicted octanol–water partition coefficient (Wildman–Crippen LogP) is 3.66. The van der Waals surface area contributed by atoms with Gasteiger partial charge >= 0.3 is 0 Å². The average molecular weight is 312 g/mol. The van der Waals surface area contributed by atoms with E-state index >= 15 is 0 Å². The molecule has 0 saturated heterocycles. The molecule has 1 aromatic rings. The zero-order valence-corrected chi connectivity index (χ0v) is 11.2. The second-order valence-corrected chi connectivity index (χ2v) is 3.58. The first-order valence-corrected chi connectivity index (χ1v) is 5.22. The van der Waals surface area contributed by atoms with Crippen molar-refractivity contribution in [3.05, 3.63) is 64.9 Å². The number of carbonyl (C=O) groups is 1. The van der Waals surface area contributed by atoms with E-state index < -0.39 is 10.5 Å². The van der Waals surface area contributed by atoms with Crippen molar-refractivity contribution in [2.75, 3.05) is 0 Å². The number of aliphatic hydroxyl groups excluding tert-OH is 1. The molecule has 0 aliphatic heterocycles. The summed E-state index contributed by atoms with van der Waals surface area (Å²) in [5, 5.41) is 7.77.